The number of carbonyl (C=O) groups excluding carboxylic acids is 1. The van der Waals surface area contributed by atoms with Gasteiger partial charge in [-0.15, -0.1) is 0 Å². The van der Waals surface area contributed by atoms with E-state index in [2.05, 4.69) is 14.9 Å². The van der Waals surface area contributed by atoms with Crippen LogP contribution in [-0.2, 0) is 14.8 Å². The lowest BCUT2D eigenvalue weighted by Crippen LogP contribution is -2.13. The van der Waals surface area contributed by atoms with Crippen molar-refractivity contribution in [2.24, 2.45) is 0 Å². The van der Waals surface area contributed by atoms with Gasteiger partial charge in [0.25, 0.3) is 10.0 Å². The minimum Gasteiger partial charge on any atom is -0.462 e. The van der Waals surface area contributed by atoms with Crippen LogP contribution in [-0.4, -0.2) is 31.2 Å². The summed E-state index contributed by atoms with van der Waals surface area (Å²) in [7, 11) is -3.87. The summed E-state index contributed by atoms with van der Waals surface area (Å²) >= 11 is 0. The maximum atomic E-state index is 12.7. The second kappa shape index (κ2) is 7.28. The Labute approximate surface area is 156 Å². The summed E-state index contributed by atoms with van der Waals surface area (Å²) in [6, 6.07) is 9.18. The highest BCUT2D eigenvalue weighted by atomic mass is 32.2. The zero-order chi connectivity index (χ0) is 19.6. The molecule has 0 aliphatic carbocycles. The topological polar surface area (TPSA) is 114 Å². The molecule has 0 saturated heterocycles. The molecule has 0 bridgehead atoms. The van der Waals surface area contributed by atoms with Crippen LogP contribution in [0, 0.1) is 13.8 Å². The van der Waals surface area contributed by atoms with Crippen molar-refractivity contribution in [1.29, 1.82) is 0 Å². The number of H-pyrrole nitrogens is 1. The molecule has 2 aromatic heterocycles. The van der Waals surface area contributed by atoms with E-state index < -0.39 is 16.0 Å². The van der Waals surface area contributed by atoms with Gasteiger partial charge in [0.1, 0.15) is 16.3 Å². The average Bonchev–Trinajstić information content (AvgIpc) is 3.21. The van der Waals surface area contributed by atoms with E-state index >= 15 is 0 Å². The molecule has 0 saturated carbocycles. The number of benzene rings is 1. The van der Waals surface area contributed by atoms with Gasteiger partial charge in [-0.1, -0.05) is 0 Å². The number of sulfonamides is 1. The van der Waals surface area contributed by atoms with Gasteiger partial charge in [0, 0.05) is 17.4 Å². The van der Waals surface area contributed by atoms with E-state index in [9.17, 15) is 13.2 Å². The molecule has 2 heterocycles. The molecule has 27 heavy (non-hydrogen) atoms. The zero-order valence-electron chi connectivity index (χ0n) is 15.1. The Kier molecular flexibility index (Phi) is 5.04. The Hall–Kier alpha value is -3.07. The number of nitrogens with zero attached hydrogens (tertiary/aromatic N) is 1. The Morgan fingerprint density at radius 1 is 1.22 bits per heavy atom. The van der Waals surface area contributed by atoms with Crippen LogP contribution in [0.2, 0.25) is 0 Å². The molecule has 0 radical (unpaired) electrons. The number of carbonyl (C=O) groups is 1. The Bertz CT molecular complexity index is 1060. The van der Waals surface area contributed by atoms with Crippen LogP contribution in [0.3, 0.4) is 0 Å². The van der Waals surface area contributed by atoms with Gasteiger partial charge in [-0.05, 0) is 51.1 Å². The van der Waals surface area contributed by atoms with Crippen molar-refractivity contribution in [2.75, 3.05) is 11.3 Å². The minimum absolute atomic E-state index is 0.0209. The van der Waals surface area contributed by atoms with Gasteiger partial charge in [-0.2, -0.15) is 5.10 Å². The molecule has 3 rings (SSSR count). The van der Waals surface area contributed by atoms with E-state index in [-0.39, 0.29) is 17.3 Å². The number of anilines is 1. The Balaban J connectivity index is 1.83. The van der Waals surface area contributed by atoms with Crippen LogP contribution >= 0.6 is 0 Å². The largest absolute Gasteiger partial charge is 0.462 e. The molecule has 0 spiro atoms. The first-order chi connectivity index (χ1) is 12.8. The molecule has 0 aliphatic heterocycles. The lowest BCUT2D eigenvalue weighted by Gasteiger charge is -2.08. The average molecular weight is 389 g/mol. The number of furan rings is 1. The standard InChI is InChI=1S/C18H19N3O5S/c1-4-25-18(22)13-5-7-14(8-6-13)21-27(23,24)17-10-16(26-12(17)3)15-9-11(2)19-20-15/h5-10,21H,4H2,1-3H3,(H,19,20). The maximum absolute atomic E-state index is 12.7. The Morgan fingerprint density at radius 3 is 2.52 bits per heavy atom. The quantitative estimate of drug-likeness (QED) is 0.626. The van der Waals surface area contributed by atoms with Gasteiger partial charge in [0.2, 0.25) is 0 Å². The monoisotopic (exact) mass is 389 g/mol. The van der Waals surface area contributed by atoms with Crippen molar-refractivity contribution in [3.63, 3.8) is 0 Å². The summed E-state index contributed by atoms with van der Waals surface area (Å²) in [5.74, 6) is 0.146. The summed E-state index contributed by atoms with van der Waals surface area (Å²) in [5.41, 5.74) is 2.02. The van der Waals surface area contributed by atoms with E-state index in [1.807, 2.05) is 6.92 Å². The van der Waals surface area contributed by atoms with Crippen molar-refractivity contribution in [1.82, 2.24) is 10.2 Å². The van der Waals surface area contributed by atoms with Crippen LogP contribution in [0.5, 0.6) is 0 Å². The van der Waals surface area contributed by atoms with Crippen molar-refractivity contribution >= 4 is 21.7 Å². The molecule has 0 atom stereocenters. The zero-order valence-corrected chi connectivity index (χ0v) is 15.9. The lowest BCUT2D eigenvalue weighted by molar-refractivity contribution is 0.0526. The molecule has 1 aromatic carbocycles. The first kappa shape index (κ1) is 18.7. The number of nitrogens with one attached hydrogen (secondary N) is 2. The first-order valence-corrected chi connectivity index (χ1v) is 9.71. The predicted octanol–water partition coefficient (Wildman–Crippen LogP) is 3.26. The number of aromatic nitrogens is 2. The maximum Gasteiger partial charge on any atom is 0.338 e. The molecule has 0 amide bonds. The predicted molar refractivity (Wildman–Crippen MR) is 99.0 cm³/mol. The van der Waals surface area contributed by atoms with E-state index in [0.717, 1.165) is 5.69 Å². The summed E-state index contributed by atoms with van der Waals surface area (Å²) < 4.78 is 38.3. The Morgan fingerprint density at radius 2 is 1.93 bits per heavy atom. The van der Waals surface area contributed by atoms with Crippen molar-refractivity contribution in [3.05, 3.63) is 53.4 Å². The highest BCUT2D eigenvalue weighted by molar-refractivity contribution is 7.92. The molecule has 2 N–H and O–H groups in total. The van der Waals surface area contributed by atoms with Gasteiger partial charge in [-0.25, -0.2) is 13.2 Å². The highest BCUT2D eigenvalue weighted by Crippen LogP contribution is 2.28. The fraction of sp³-hybridized carbons (Fsp3) is 0.222. The summed E-state index contributed by atoms with van der Waals surface area (Å²) in [6.07, 6.45) is 0. The number of hydrogen-bond donors (Lipinski definition) is 2. The van der Waals surface area contributed by atoms with Gasteiger partial charge in [0.05, 0.1) is 12.2 Å². The third-order valence-electron chi connectivity index (χ3n) is 3.77. The van der Waals surface area contributed by atoms with Crippen LogP contribution < -0.4 is 4.72 Å². The number of esters is 1. The fourth-order valence-electron chi connectivity index (χ4n) is 2.50. The van der Waals surface area contributed by atoms with Crippen LogP contribution in [0.4, 0.5) is 5.69 Å². The summed E-state index contributed by atoms with van der Waals surface area (Å²) in [4.78, 5) is 11.7. The van der Waals surface area contributed by atoms with Crippen molar-refractivity contribution < 1.29 is 22.4 Å². The van der Waals surface area contributed by atoms with E-state index in [1.54, 1.807) is 19.9 Å². The molecule has 0 aliphatic rings. The second-order valence-electron chi connectivity index (χ2n) is 5.87. The van der Waals surface area contributed by atoms with Gasteiger partial charge in [-0.3, -0.25) is 9.82 Å². The van der Waals surface area contributed by atoms with Crippen LogP contribution in [0.1, 0.15) is 28.7 Å². The van der Waals surface area contributed by atoms with E-state index in [1.165, 1.54) is 30.3 Å². The number of ether oxygens (including phenoxy) is 1. The molecule has 8 nitrogen and oxygen atoms in total. The smallest absolute Gasteiger partial charge is 0.338 e. The molecule has 0 unspecified atom stereocenters. The molecule has 0 fully saturated rings. The molecule has 9 heteroatoms. The highest BCUT2D eigenvalue weighted by Gasteiger charge is 2.23. The normalized spacial score (nSPS) is 11.4. The SMILES string of the molecule is CCOC(=O)c1ccc(NS(=O)(=O)c2cc(-c3cc(C)[nH]n3)oc2C)cc1. The molecule has 3 aromatic rings. The number of aromatic amines is 1. The molecular weight excluding hydrogens is 370 g/mol. The molecule has 142 valence electrons. The first-order valence-electron chi connectivity index (χ1n) is 8.23. The van der Waals surface area contributed by atoms with E-state index in [4.69, 9.17) is 9.15 Å². The summed E-state index contributed by atoms with van der Waals surface area (Å²) in [5, 5.41) is 6.85. The second-order valence-corrected chi connectivity index (χ2v) is 7.52. The fourth-order valence-corrected chi connectivity index (χ4v) is 3.74. The van der Waals surface area contributed by atoms with Crippen molar-refractivity contribution in [2.45, 2.75) is 25.7 Å². The third kappa shape index (κ3) is 4.03. The van der Waals surface area contributed by atoms with Crippen LogP contribution in [0.25, 0.3) is 11.5 Å². The van der Waals surface area contributed by atoms with Gasteiger partial charge in [0.15, 0.2) is 5.76 Å². The third-order valence-corrected chi connectivity index (χ3v) is 5.26. The molecular formula is C18H19N3O5S. The minimum atomic E-state index is -3.87. The van der Waals surface area contributed by atoms with Gasteiger partial charge >= 0.3 is 5.97 Å². The number of hydrogen-bond acceptors (Lipinski definition) is 6. The van der Waals surface area contributed by atoms with Crippen molar-refractivity contribution in [3.8, 4) is 11.5 Å². The summed E-state index contributed by atoms with van der Waals surface area (Å²) in [6.45, 7) is 5.39. The number of rotatable bonds is 6. The van der Waals surface area contributed by atoms with Gasteiger partial charge < -0.3 is 9.15 Å². The van der Waals surface area contributed by atoms with E-state index in [0.29, 0.717) is 22.7 Å². The lowest BCUT2D eigenvalue weighted by atomic mass is 10.2. The number of aryl methyl sites for hydroxylation is 2. The van der Waals surface area contributed by atoms with Crippen LogP contribution in [0.15, 0.2) is 45.7 Å².